The number of hydrogen-bond donors (Lipinski definition) is 0. The zero-order valence-electron chi connectivity index (χ0n) is 13.2. The van der Waals surface area contributed by atoms with Crippen molar-refractivity contribution in [2.75, 3.05) is 12.0 Å². The molecular formula is C17H15ClN2O4. The van der Waals surface area contributed by atoms with Crippen molar-refractivity contribution >= 4 is 28.9 Å². The Bertz CT molecular complexity index is 822. The molecular weight excluding hydrogens is 332 g/mol. The van der Waals surface area contributed by atoms with Crippen molar-refractivity contribution in [3.8, 4) is 5.75 Å². The van der Waals surface area contributed by atoms with Gasteiger partial charge in [0.2, 0.25) is 0 Å². The van der Waals surface area contributed by atoms with Gasteiger partial charge in [-0.1, -0.05) is 17.7 Å². The van der Waals surface area contributed by atoms with Crippen molar-refractivity contribution in [1.82, 2.24) is 0 Å². The third-order valence-corrected chi connectivity index (χ3v) is 4.46. The quantitative estimate of drug-likeness (QED) is 0.628. The molecule has 1 aliphatic heterocycles. The van der Waals surface area contributed by atoms with Gasteiger partial charge in [0.1, 0.15) is 5.75 Å². The molecule has 0 N–H and O–H groups in total. The van der Waals surface area contributed by atoms with E-state index in [1.807, 2.05) is 0 Å². The maximum Gasteiger partial charge on any atom is 0.309 e. The minimum Gasteiger partial charge on any atom is -0.497 e. The van der Waals surface area contributed by atoms with E-state index in [1.54, 1.807) is 49.6 Å². The van der Waals surface area contributed by atoms with Gasteiger partial charge in [-0.3, -0.25) is 19.8 Å². The highest BCUT2D eigenvalue weighted by atomic mass is 35.5. The second kappa shape index (κ2) is 5.79. The lowest BCUT2D eigenvalue weighted by Gasteiger charge is -2.35. The summed E-state index contributed by atoms with van der Waals surface area (Å²) >= 11 is 6.07. The largest absolute Gasteiger partial charge is 0.497 e. The Balaban J connectivity index is 2.19. The molecule has 6 nitrogen and oxygen atoms in total. The van der Waals surface area contributed by atoms with Crippen LogP contribution in [0.25, 0.3) is 0 Å². The molecule has 0 aliphatic carbocycles. The van der Waals surface area contributed by atoms with E-state index in [2.05, 4.69) is 0 Å². The molecule has 0 aromatic heterocycles. The van der Waals surface area contributed by atoms with E-state index in [0.29, 0.717) is 27.7 Å². The summed E-state index contributed by atoms with van der Waals surface area (Å²) in [6, 6.07) is 11.8. The molecule has 1 aliphatic rings. The van der Waals surface area contributed by atoms with Crippen molar-refractivity contribution in [3.05, 3.63) is 63.2 Å². The number of methoxy groups -OCH3 is 1. The number of benzene rings is 2. The highest BCUT2D eigenvalue weighted by Gasteiger charge is 2.53. The molecule has 3 rings (SSSR count). The smallest absolute Gasteiger partial charge is 0.309 e. The Hall–Kier alpha value is -2.60. The van der Waals surface area contributed by atoms with Crippen LogP contribution in [0.1, 0.15) is 12.5 Å². The molecule has 0 radical (unpaired) electrons. The zero-order chi connectivity index (χ0) is 17.5. The third kappa shape index (κ3) is 2.49. The minimum atomic E-state index is -1.72. The number of fused-ring (bicyclic) bond motifs is 1. The van der Waals surface area contributed by atoms with Crippen LogP contribution >= 0.6 is 11.6 Å². The van der Waals surface area contributed by atoms with Crippen LogP contribution in [-0.4, -0.2) is 23.5 Å². The molecule has 24 heavy (non-hydrogen) atoms. The number of ether oxygens (including phenoxy) is 1. The number of carbonyl (C=O) groups is 1. The molecule has 0 saturated heterocycles. The van der Waals surface area contributed by atoms with Crippen LogP contribution < -0.4 is 9.64 Å². The molecule has 2 aromatic rings. The fourth-order valence-electron chi connectivity index (χ4n) is 2.82. The third-order valence-electron chi connectivity index (χ3n) is 4.22. The van der Waals surface area contributed by atoms with Gasteiger partial charge in [0.25, 0.3) is 0 Å². The van der Waals surface area contributed by atoms with Crippen molar-refractivity contribution < 1.29 is 14.5 Å². The summed E-state index contributed by atoms with van der Waals surface area (Å²) in [5, 5.41) is 12.0. The van der Waals surface area contributed by atoms with Crippen LogP contribution in [0, 0.1) is 10.1 Å². The van der Waals surface area contributed by atoms with Gasteiger partial charge in [-0.15, -0.1) is 0 Å². The lowest BCUT2D eigenvalue weighted by Crippen LogP contribution is -2.55. The molecule has 0 unspecified atom stereocenters. The maximum absolute atomic E-state index is 12.9. The molecule has 2 aromatic carbocycles. The lowest BCUT2D eigenvalue weighted by atomic mass is 9.86. The second-order valence-electron chi connectivity index (χ2n) is 5.82. The van der Waals surface area contributed by atoms with E-state index in [-0.39, 0.29) is 6.42 Å². The van der Waals surface area contributed by atoms with Gasteiger partial charge in [0.05, 0.1) is 19.2 Å². The van der Waals surface area contributed by atoms with Gasteiger partial charge < -0.3 is 4.74 Å². The summed E-state index contributed by atoms with van der Waals surface area (Å²) in [7, 11) is 1.54. The highest BCUT2D eigenvalue weighted by Crippen LogP contribution is 2.40. The number of nitro groups is 1. The molecule has 0 fully saturated rings. The van der Waals surface area contributed by atoms with Gasteiger partial charge in [-0.25, -0.2) is 0 Å². The molecule has 0 saturated carbocycles. The Morgan fingerprint density at radius 1 is 1.25 bits per heavy atom. The fourth-order valence-corrected chi connectivity index (χ4v) is 2.99. The van der Waals surface area contributed by atoms with Gasteiger partial charge in [0, 0.05) is 22.6 Å². The summed E-state index contributed by atoms with van der Waals surface area (Å²) in [5.41, 5.74) is 0.0731. The number of nitrogens with zero attached hydrogens (tertiary/aromatic N) is 2. The number of carbonyl (C=O) groups excluding carboxylic acids is 1. The van der Waals surface area contributed by atoms with E-state index < -0.39 is 16.4 Å². The van der Waals surface area contributed by atoms with Crippen LogP contribution in [0.4, 0.5) is 11.4 Å². The molecule has 1 heterocycles. The first-order valence-electron chi connectivity index (χ1n) is 7.28. The second-order valence-corrected chi connectivity index (χ2v) is 6.26. The normalized spacial score (nSPS) is 19.8. The average Bonchev–Trinajstić information content (AvgIpc) is 2.57. The number of amides is 1. The predicted molar refractivity (Wildman–Crippen MR) is 90.7 cm³/mol. The zero-order valence-corrected chi connectivity index (χ0v) is 13.9. The van der Waals surface area contributed by atoms with Crippen LogP contribution in [0.2, 0.25) is 5.02 Å². The van der Waals surface area contributed by atoms with Gasteiger partial charge in [-0.05, 0) is 42.0 Å². The summed E-state index contributed by atoms with van der Waals surface area (Å²) in [4.78, 5) is 25.3. The Kier molecular flexibility index (Phi) is 3.93. The molecule has 1 amide bonds. The monoisotopic (exact) mass is 346 g/mol. The maximum atomic E-state index is 12.9. The average molecular weight is 347 g/mol. The predicted octanol–water partition coefficient (Wildman–Crippen LogP) is 3.60. The minimum absolute atomic E-state index is 0.0258. The number of anilines is 2. The number of rotatable bonds is 3. The topological polar surface area (TPSA) is 72.7 Å². The van der Waals surface area contributed by atoms with Crippen LogP contribution in [0.3, 0.4) is 0 Å². The summed E-state index contributed by atoms with van der Waals surface area (Å²) in [5.74, 6) is 0.0407. The van der Waals surface area contributed by atoms with Crippen molar-refractivity contribution in [1.29, 1.82) is 0 Å². The van der Waals surface area contributed by atoms with E-state index in [4.69, 9.17) is 16.3 Å². The van der Waals surface area contributed by atoms with Gasteiger partial charge in [-0.2, -0.15) is 0 Å². The first-order valence-corrected chi connectivity index (χ1v) is 7.66. The van der Waals surface area contributed by atoms with Crippen molar-refractivity contribution in [2.45, 2.75) is 18.9 Å². The summed E-state index contributed by atoms with van der Waals surface area (Å²) in [6.45, 7) is 1.35. The molecule has 7 heteroatoms. The van der Waals surface area contributed by atoms with Crippen LogP contribution in [-0.2, 0) is 11.2 Å². The lowest BCUT2D eigenvalue weighted by molar-refractivity contribution is -0.547. The van der Waals surface area contributed by atoms with Gasteiger partial charge >= 0.3 is 11.4 Å². The Labute approximate surface area is 143 Å². The Morgan fingerprint density at radius 3 is 2.50 bits per heavy atom. The molecule has 1 atom stereocenters. The molecule has 0 spiro atoms. The van der Waals surface area contributed by atoms with Crippen molar-refractivity contribution in [3.63, 3.8) is 0 Å². The van der Waals surface area contributed by atoms with Gasteiger partial charge in [0.15, 0.2) is 0 Å². The summed E-state index contributed by atoms with van der Waals surface area (Å²) in [6.07, 6.45) is 0.0258. The fraction of sp³-hybridized carbons (Fsp3) is 0.235. The van der Waals surface area contributed by atoms with Crippen LogP contribution in [0.15, 0.2) is 42.5 Å². The molecule has 124 valence electrons. The standard InChI is InChI=1S/C17H15ClN2O4/c1-17(20(22)23)10-11-3-4-12(18)9-15(11)19(16(17)21)13-5-7-14(24-2)8-6-13/h3-9H,10H2,1-2H3/t17-/m0/s1. The van der Waals surface area contributed by atoms with E-state index in [1.165, 1.54) is 11.8 Å². The SMILES string of the molecule is COc1ccc(N2C(=O)[C@@](C)([N+](=O)[O-])Cc3ccc(Cl)cc32)cc1. The van der Waals surface area contributed by atoms with E-state index in [0.717, 1.165) is 0 Å². The van der Waals surface area contributed by atoms with Crippen LogP contribution in [0.5, 0.6) is 5.75 Å². The Morgan fingerprint density at radius 2 is 1.92 bits per heavy atom. The van der Waals surface area contributed by atoms with E-state index >= 15 is 0 Å². The molecule has 0 bridgehead atoms. The number of hydrogen-bond acceptors (Lipinski definition) is 4. The summed E-state index contributed by atoms with van der Waals surface area (Å²) < 4.78 is 5.12. The first-order chi connectivity index (χ1) is 11.4. The van der Waals surface area contributed by atoms with E-state index in [9.17, 15) is 14.9 Å². The van der Waals surface area contributed by atoms with Crippen molar-refractivity contribution in [2.24, 2.45) is 0 Å². The number of halogens is 1. The first kappa shape index (κ1) is 16.3. The highest BCUT2D eigenvalue weighted by molar-refractivity contribution is 6.31.